The van der Waals surface area contributed by atoms with Gasteiger partial charge in [-0.15, -0.1) is 0 Å². The lowest BCUT2D eigenvalue weighted by Gasteiger charge is -2.47. The normalized spacial score (nSPS) is 41.4. The van der Waals surface area contributed by atoms with E-state index >= 15 is 0 Å². The van der Waals surface area contributed by atoms with Crippen LogP contribution in [-0.4, -0.2) is 30.1 Å². The fourth-order valence-corrected chi connectivity index (χ4v) is 5.33. The molecule has 2 aliphatic heterocycles. The molecule has 4 aliphatic rings. The Morgan fingerprint density at radius 2 is 2.00 bits per heavy atom. The number of carbonyl (C=O) groups is 2. The predicted molar refractivity (Wildman–Crippen MR) is 109 cm³/mol. The van der Waals surface area contributed by atoms with Gasteiger partial charge in [0.1, 0.15) is 11.4 Å². The molecule has 2 aliphatic carbocycles. The Morgan fingerprint density at radius 1 is 1.24 bits per heavy atom. The van der Waals surface area contributed by atoms with Crippen LogP contribution in [0.1, 0.15) is 60.3 Å². The van der Waals surface area contributed by atoms with Crippen LogP contribution in [0.5, 0.6) is 0 Å². The molecule has 0 amide bonds. The van der Waals surface area contributed by atoms with E-state index in [4.69, 9.17) is 14.2 Å². The maximum absolute atomic E-state index is 12.9. The number of carbonyl (C=O) groups excluding carboxylic acids is 2. The maximum atomic E-state index is 12.9. The highest BCUT2D eigenvalue weighted by Crippen LogP contribution is 2.55. The largest absolute Gasteiger partial charge is 0.487 e. The molecule has 0 unspecified atom stereocenters. The Morgan fingerprint density at radius 3 is 2.72 bits per heavy atom. The third-order valence-electron chi connectivity index (χ3n) is 7.03. The van der Waals surface area contributed by atoms with Gasteiger partial charge < -0.3 is 14.2 Å². The highest BCUT2D eigenvalue weighted by atomic mass is 16.6. The minimum absolute atomic E-state index is 0.0785. The molecule has 0 N–H and O–H groups in total. The summed E-state index contributed by atoms with van der Waals surface area (Å²) in [4.78, 5) is 24.5. The molecule has 0 spiro atoms. The second-order valence-electron chi connectivity index (χ2n) is 9.99. The van der Waals surface area contributed by atoms with Gasteiger partial charge in [0, 0.05) is 19.3 Å². The fourth-order valence-electron chi connectivity index (χ4n) is 5.33. The topological polar surface area (TPSA) is 61.8 Å². The number of hydrogen-bond donors (Lipinski definition) is 0. The van der Waals surface area contributed by atoms with E-state index in [-0.39, 0.29) is 40.8 Å². The van der Waals surface area contributed by atoms with Crippen molar-refractivity contribution in [3.8, 4) is 0 Å². The fraction of sp³-hybridized carbons (Fsp3) is 0.667. The van der Waals surface area contributed by atoms with Crippen molar-refractivity contribution in [2.75, 3.05) is 6.61 Å². The summed E-state index contributed by atoms with van der Waals surface area (Å²) in [5.41, 5.74) is 0.947. The molecule has 0 bridgehead atoms. The number of ketones is 1. The van der Waals surface area contributed by atoms with Crippen molar-refractivity contribution in [3.05, 3.63) is 35.3 Å². The summed E-state index contributed by atoms with van der Waals surface area (Å²) in [5.74, 6) is -0.261. The molecule has 2 heterocycles. The Balaban J connectivity index is 1.74. The smallest absolute Gasteiger partial charge is 0.308 e. The van der Waals surface area contributed by atoms with E-state index in [0.29, 0.717) is 12.4 Å². The lowest BCUT2D eigenvalue weighted by Crippen LogP contribution is -2.51. The van der Waals surface area contributed by atoms with Gasteiger partial charge in [0.25, 0.3) is 0 Å². The summed E-state index contributed by atoms with van der Waals surface area (Å²) >= 11 is 0. The van der Waals surface area contributed by atoms with Crippen LogP contribution < -0.4 is 0 Å². The second-order valence-corrected chi connectivity index (χ2v) is 9.99. The first-order valence-electron chi connectivity index (χ1n) is 10.7. The standard InChI is InChI=1S/C24H32O5/c1-14-7-8-17-20-18-16(13-27-20)19(26)22(28-15(2)25)21(18)29-24(17,5)11-6-10-23(3,4)12-9-14/h6,9-10,16-18,20H,7-8,11-13H2,1-5H3/b10-6+,14-9+/t16-,17-,18-,20-,24+/m0/s1. The number of fused-ring (bicyclic) bond motifs is 2. The number of rotatable bonds is 1. The summed E-state index contributed by atoms with van der Waals surface area (Å²) in [6.45, 7) is 10.5. The zero-order valence-corrected chi connectivity index (χ0v) is 18.1. The van der Waals surface area contributed by atoms with Crippen molar-refractivity contribution < 1.29 is 23.8 Å². The van der Waals surface area contributed by atoms with Crippen molar-refractivity contribution in [3.63, 3.8) is 0 Å². The van der Waals surface area contributed by atoms with Gasteiger partial charge in [0.2, 0.25) is 11.5 Å². The van der Waals surface area contributed by atoms with E-state index in [2.05, 4.69) is 45.9 Å². The summed E-state index contributed by atoms with van der Waals surface area (Å²) in [5, 5.41) is 0. The molecule has 0 aromatic heterocycles. The van der Waals surface area contributed by atoms with E-state index < -0.39 is 11.6 Å². The van der Waals surface area contributed by atoms with Gasteiger partial charge in [-0.2, -0.15) is 0 Å². The van der Waals surface area contributed by atoms with Crippen molar-refractivity contribution >= 4 is 11.8 Å². The molecule has 4 rings (SSSR count). The molecular weight excluding hydrogens is 368 g/mol. The molecule has 5 heteroatoms. The molecule has 2 fully saturated rings. The van der Waals surface area contributed by atoms with Crippen LogP contribution >= 0.6 is 0 Å². The molecule has 158 valence electrons. The first-order valence-corrected chi connectivity index (χ1v) is 10.7. The van der Waals surface area contributed by atoms with Crippen LogP contribution in [0.4, 0.5) is 0 Å². The van der Waals surface area contributed by atoms with Crippen LogP contribution in [0.25, 0.3) is 0 Å². The lowest BCUT2D eigenvalue weighted by molar-refractivity contribution is -0.147. The molecule has 5 atom stereocenters. The number of Topliss-reactive ketones (excluding diaryl/α,β-unsaturated/α-hetero) is 1. The molecule has 0 saturated carbocycles. The van der Waals surface area contributed by atoms with Gasteiger partial charge in [-0.1, -0.05) is 37.6 Å². The summed E-state index contributed by atoms with van der Waals surface area (Å²) < 4.78 is 18.1. The second kappa shape index (κ2) is 7.12. The monoisotopic (exact) mass is 400 g/mol. The first kappa shape index (κ1) is 20.4. The Bertz CT molecular complexity index is 817. The van der Waals surface area contributed by atoms with Crippen LogP contribution in [-0.2, 0) is 23.8 Å². The third kappa shape index (κ3) is 3.58. The van der Waals surface area contributed by atoms with E-state index in [1.54, 1.807) is 0 Å². The molecule has 0 aromatic carbocycles. The highest BCUT2D eigenvalue weighted by molar-refractivity contribution is 6.01. The lowest BCUT2D eigenvalue weighted by atomic mass is 9.71. The van der Waals surface area contributed by atoms with Gasteiger partial charge in [0.15, 0.2) is 0 Å². The van der Waals surface area contributed by atoms with Crippen LogP contribution in [0.3, 0.4) is 0 Å². The molecule has 29 heavy (non-hydrogen) atoms. The van der Waals surface area contributed by atoms with Gasteiger partial charge in [-0.05, 0) is 38.5 Å². The molecular formula is C24H32O5. The summed E-state index contributed by atoms with van der Waals surface area (Å²) in [6, 6.07) is 0. The number of esters is 1. The van der Waals surface area contributed by atoms with E-state index in [1.807, 2.05) is 0 Å². The Labute approximate surface area is 173 Å². The first-order chi connectivity index (χ1) is 13.6. The van der Waals surface area contributed by atoms with E-state index in [1.165, 1.54) is 12.5 Å². The molecule has 0 radical (unpaired) electrons. The zero-order chi connectivity index (χ0) is 21.0. The third-order valence-corrected chi connectivity index (χ3v) is 7.03. The predicted octanol–water partition coefficient (Wildman–Crippen LogP) is 4.48. The summed E-state index contributed by atoms with van der Waals surface area (Å²) in [6.07, 6.45) is 10.4. The van der Waals surface area contributed by atoms with E-state index in [0.717, 1.165) is 25.7 Å². The minimum Gasteiger partial charge on any atom is -0.487 e. The number of ether oxygens (including phenoxy) is 3. The van der Waals surface area contributed by atoms with Gasteiger partial charge >= 0.3 is 5.97 Å². The SMILES string of the molecule is CC(=O)OC1=C2O[C@]3(C)C/C=C/C(C)(C)C/C=C(\C)CC[C@H]3[C@@H]3OC[C@H](C1=O)[C@H]23. The van der Waals surface area contributed by atoms with Crippen molar-refractivity contribution in [1.82, 2.24) is 0 Å². The average molecular weight is 401 g/mol. The quantitative estimate of drug-likeness (QED) is 0.480. The highest BCUT2D eigenvalue weighted by Gasteiger charge is 2.62. The van der Waals surface area contributed by atoms with Crippen molar-refractivity contribution in [2.24, 2.45) is 23.2 Å². The molecule has 5 nitrogen and oxygen atoms in total. The Kier molecular flexibility index (Phi) is 5.01. The number of allylic oxidation sites excluding steroid dienone is 4. The Hall–Kier alpha value is -1.88. The van der Waals surface area contributed by atoms with Gasteiger partial charge in [-0.3, -0.25) is 9.59 Å². The number of hydrogen-bond acceptors (Lipinski definition) is 5. The maximum Gasteiger partial charge on any atom is 0.308 e. The summed E-state index contributed by atoms with van der Waals surface area (Å²) in [7, 11) is 0. The average Bonchev–Trinajstić information content (AvgIpc) is 3.15. The molecule has 2 saturated heterocycles. The van der Waals surface area contributed by atoms with Crippen LogP contribution in [0, 0.1) is 23.2 Å². The van der Waals surface area contributed by atoms with E-state index in [9.17, 15) is 9.59 Å². The van der Waals surface area contributed by atoms with Crippen molar-refractivity contribution in [1.29, 1.82) is 0 Å². The van der Waals surface area contributed by atoms with Crippen LogP contribution in [0.2, 0.25) is 0 Å². The van der Waals surface area contributed by atoms with Crippen molar-refractivity contribution in [2.45, 2.75) is 72.0 Å². The van der Waals surface area contributed by atoms with Gasteiger partial charge in [0.05, 0.1) is 24.5 Å². The van der Waals surface area contributed by atoms with Gasteiger partial charge in [-0.25, -0.2) is 0 Å². The molecule has 0 aromatic rings. The van der Waals surface area contributed by atoms with Crippen LogP contribution in [0.15, 0.2) is 35.3 Å². The zero-order valence-electron chi connectivity index (χ0n) is 18.1. The minimum atomic E-state index is -0.515.